The van der Waals surface area contributed by atoms with Crippen LogP contribution in [0.25, 0.3) is 32.7 Å². The largest absolute Gasteiger partial charge is 2.00 e. The maximum absolute atomic E-state index is 8.89. The van der Waals surface area contributed by atoms with Crippen LogP contribution in [0.4, 0.5) is 0 Å². The Morgan fingerprint density at radius 1 is 0.364 bits per heavy atom. The van der Waals surface area contributed by atoms with Crippen molar-refractivity contribution in [2.24, 2.45) is 0 Å². The van der Waals surface area contributed by atoms with Crippen molar-refractivity contribution in [3.05, 3.63) is 194 Å². The summed E-state index contributed by atoms with van der Waals surface area (Å²) in [4.78, 5) is 17.8. The van der Waals surface area contributed by atoms with Gasteiger partial charge in [0.05, 0.1) is 0 Å². The molecule has 0 saturated heterocycles. The van der Waals surface area contributed by atoms with Crippen LogP contribution in [0.1, 0.15) is 13.8 Å². The van der Waals surface area contributed by atoms with Gasteiger partial charge in [-0.15, -0.1) is 0 Å². The van der Waals surface area contributed by atoms with Gasteiger partial charge in [0.1, 0.15) is 0 Å². The summed E-state index contributed by atoms with van der Waals surface area (Å²) in [6.07, 6.45) is 0. The Hall–Kier alpha value is -5.30. The molecule has 0 atom stereocenters. The van der Waals surface area contributed by atoms with E-state index in [2.05, 4.69) is 194 Å². The Labute approximate surface area is 337 Å². The molecule has 0 amide bonds. The number of aliphatic carboxylic acids is 2. The fourth-order valence-electron chi connectivity index (χ4n) is 6.58. The molecule has 0 N–H and O–H groups in total. The van der Waals surface area contributed by atoms with Crippen molar-refractivity contribution in [3.8, 4) is 11.1 Å². The van der Waals surface area contributed by atoms with Crippen molar-refractivity contribution in [3.63, 3.8) is 0 Å². The van der Waals surface area contributed by atoms with Crippen LogP contribution in [0, 0.1) is 0 Å². The van der Waals surface area contributed by atoms with Gasteiger partial charge in [-0.1, -0.05) is 194 Å². The molecular formula is C48H38O4P2Ru. The van der Waals surface area contributed by atoms with E-state index in [0.29, 0.717) is 0 Å². The first-order valence-electron chi connectivity index (χ1n) is 17.5. The Kier molecular flexibility index (Phi) is 14.8. The summed E-state index contributed by atoms with van der Waals surface area (Å²) in [5.74, 6) is -2.17. The molecule has 8 aromatic carbocycles. The molecule has 0 aliphatic heterocycles. The van der Waals surface area contributed by atoms with Crippen LogP contribution in [-0.4, -0.2) is 11.9 Å². The Morgan fingerprint density at radius 2 is 0.600 bits per heavy atom. The quantitative estimate of drug-likeness (QED) is 0.133. The first-order valence-corrected chi connectivity index (χ1v) is 20.2. The number of carboxylic acid groups (broad SMARTS) is 2. The van der Waals surface area contributed by atoms with Crippen molar-refractivity contribution in [2.75, 3.05) is 0 Å². The fourth-order valence-corrected chi connectivity index (χ4v) is 11.5. The minimum absolute atomic E-state index is 0. The Morgan fingerprint density at radius 3 is 0.873 bits per heavy atom. The van der Waals surface area contributed by atoms with Crippen LogP contribution >= 0.6 is 15.8 Å². The SMILES string of the molecule is CC(=O)[O-].CC(=O)[O-].[Ru+2].c1ccc(P(c2ccccc2)c2ccc3ccccc3c2-c2c(P(c3ccccc3)c3ccccc3)ccc3ccccc23)cc1. The number of hydrogen-bond acceptors (Lipinski definition) is 4. The van der Waals surface area contributed by atoms with Gasteiger partial charge in [0.2, 0.25) is 0 Å². The number of benzene rings is 8. The van der Waals surface area contributed by atoms with E-state index in [4.69, 9.17) is 19.8 Å². The van der Waals surface area contributed by atoms with Gasteiger partial charge in [0.15, 0.2) is 0 Å². The molecule has 4 nitrogen and oxygen atoms in total. The zero-order valence-corrected chi connectivity index (χ0v) is 33.9. The number of carbonyl (C=O) groups excluding carboxylic acids is 2. The third-order valence-corrected chi connectivity index (χ3v) is 13.6. The smallest absolute Gasteiger partial charge is 0.550 e. The van der Waals surface area contributed by atoms with Gasteiger partial charge in [-0.25, -0.2) is 0 Å². The Balaban J connectivity index is 0.000000591. The van der Waals surface area contributed by atoms with Gasteiger partial charge < -0.3 is 19.8 Å². The number of carbonyl (C=O) groups is 2. The van der Waals surface area contributed by atoms with E-state index in [0.717, 1.165) is 13.8 Å². The molecular weight excluding hydrogens is 804 g/mol. The molecule has 7 heteroatoms. The molecule has 8 rings (SSSR count). The number of carboxylic acids is 2. The van der Waals surface area contributed by atoms with E-state index >= 15 is 0 Å². The molecule has 0 spiro atoms. The molecule has 0 aromatic heterocycles. The van der Waals surface area contributed by atoms with Crippen molar-refractivity contribution >= 4 is 81.2 Å². The summed E-state index contributed by atoms with van der Waals surface area (Å²) in [7, 11) is -1.70. The maximum atomic E-state index is 8.89. The minimum Gasteiger partial charge on any atom is -0.550 e. The zero-order valence-electron chi connectivity index (χ0n) is 30.4. The summed E-state index contributed by atoms with van der Waals surface area (Å²) in [6, 6.07) is 71.8. The molecule has 0 bridgehead atoms. The van der Waals surface area contributed by atoms with Crippen LogP contribution < -0.4 is 42.0 Å². The van der Waals surface area contributed by atoms with Crippen LogP contribution in [0.2, 0.25) is 0 Å². The van der Waals surface area contributed by atoms with Crippen molar-refractivity contribution in [1.82, 2.24) is 0 Å². The summed E-state index contributed by atoms with van der Waals surface area (Å²) in [5.41, 5.74) is 2.70. The van der Waals surface area contributed by atoms with Gasteiger partial charge in [-0.2, -0.15) is 0 Å². The molecule has 0 saturated carbocycles. The molecule has 55 heavy (non-hydrogen) atoms. The van der Waals surface area contributed by atoms with Crippen LogP contribution in [0.5, 0.6) is 0 Å². The fraction of sp³-hybridized carbons (Fsp3) is 0.0417. The maximum Gasteiger partial charge on any atom is 2.00 e. The number of fused-ring (bicyclic) bond motifs is 2. The first-order chi connectivity index (χ1) is 26.3. The summed E-state index contributed by atoms with van der Waals surface area (Å²) < 4.78 is 0. The second kappa shape index (κ2) is 19.9. The van der Waals surface area contributed by atoms with Gasteiger partial charge in [0, 0.05) is 11.9 Å². The average Bonchev–Trinajstić information content (AvgIpc) is 3.19. The van der Waals surface area contributed by atoms with Gasteiger partial charge in [-0.3, -0.25) is 0 Å². The summed E-state index contributed by atoms with van der Waals surface area (Å²) in [6.45, 7) is 1.94. The third kappa shape index (κ3) is 10.1. The van der Waals surface area contributed by atoms with E-state index in [-0.39, 0.29) is 19.5 Å². The number of rotatable bonds is 7. The standard InChI is InChI=1S/C44H32P2.2C2H4O2.Ru/c1-5-19-35(20-6-1)45(36-21-7-2-8-22-36)41-31-29-33-17-13-15-27-39(33)43(41)44-40-28-16-14-18-34(40)30-32-42(44)46(37-23-9-3-10-24-37)38-25-11-4-12-26-38;2*1-2(3)4;/h1-32H;2*1H3,(H,3,4);/q;;;+2/p-2. The molecule has 0 fully saturated rings. The van der Waals surface area contributed by atoms with E-state index in [1.54, 1.807) is 0 Å². The predicted molar refractivity (Wildman–Crippen MR) is 226 cm³/mol. The molecule has 272 valence electrons. The molecule has 0 unspecified atom stereocenters. The van der Waals surface area contributed by atoms with Gasteiger partial charge in [0.25, 0.3) is 0 Å². The normalized spacial score (nSPS) is 10.5. The zero-order chi connectivity index (χ0) is 37.9. The average molecular weight is 842 g/mol. The predicted octanol–water partition coefficient (Wildman–Crippen LogP) is 6.69. The van der Waals surface area contributed by atoms with Crippen LogP contribution in [-0.2, 0) is 29.1 Å². The van der Waals surface area contributed by atoms with Crippen LogP contribution in [0.3, 0.4) is 0 Å². The van der Waals surface area contributed by atoms with Crippen LogP contribution in [0.15, 0.2) is 194 Å². The van der Waals surface area contributed by atoms with E-state index in [1.165, 1.54) is 64.5 Å². The number of hydrogen-bond donors (Lipinski definition) is 0. The van der Waals surface area contributed by atoms with E-state index in [1.807, 2.05) is 0 Å². The minimum atomic E-state index is -1.08. The monoisotopic (exact) mass is 842 g/mol. The second-order valence-corrected chi connectivity index (χ2v) is 16.7. The summed E-state index contributed by atoms with van der Waals surface area (Å²) in [5, 5.41) is 31.1. The van der Waals surface area contributed by atoms with Crippen molar-refractivity contribution in [2.45, 2.75) is 13.8 Å². The van der Waals surface area contributed by atoms with E-state index < -0.39 is 27.8 Å². The molecule has 0 radical (unpaired) electrons. The molecule has 0 heterocycles. The van der Waals surface area contributed by atoms with Crippen molar-refractivity contribution < 1.29 is 39.3 Å². The molecule has 8 aromatic rings. The molecule has 0 aliphatic carbocycles. The van der Waals surface area contributed by atoms with Crippen molar-refractivity contribution in [1.29, 1.82) is 0 Å². The summed E-state index contributed by atoms with van der Waals surface area (Å²) >= 11 is 0. The third-order valence-electron chi connectivity index (χ3n) is 8.60. The first kappa shape index (κ1) is 40.9. The molecule has 0 aliphatic rings. The second-order valence-electron chi connectivity index (χ2n) is 12.4. The van der Waals surface area contributed by atoms with Gasteiger partial charge >= 0.3 is 19.5 Å². The topological polar surface area (TPSA) is 80.3 Å². The Bertz CT molecular complexity index is 2220. The van der Waals surface area contributed by atoms with Gasteiger partial charge in [-0.05, 0) is 94.2 Å². The van der Waals surface area contributed by atoms with E-state index in [9.17, 15) is 0 Å².